The second kappa shape index (κ2) is 9.44. The van der Waals surface area contributed by atoms with Crippen LogP contribution in [-0.2, 0) is 11.3 Å². The molecule has 190 valence electrons. The summed E-state index contributed by atoms with van der Waals surface area (Å²) in [4.78, 5) is 30.4. The molecule has 2 fully saturated rings. The lowest BCUT2D eigenvalue weighted by atomic mass is 9.88. The van der Waals surface area contributed by atoms with Crippen LogP contribution in [0.15, 0.2) is 18.3 Å². The van der Waals surface area contributed by atoms with Crippen LogP contribution in [0.5, 0.6) is 0 Å². The van der Waals surface area contributed by atoms with E-state index < -0.39 is 29.6 Å². The molecule has 9 nitrogen and oxygen atoms in total. The van der Waals surface area contributed by atoms with Crippen molar-refractivity contribution in [1.82, 2.24) is 30.3 Å². The molecule has 3 aromatic heterocycles. The van der Waals surface area contributed by atoms with E-state index in [9.17, 15) is 14.0 Å². The Labute approximate surface area is 207 Å². The number of nitrogens with zero attached hydrogens (tertiary/aromatic N) is 4. The van der Waals surface area contributed by atoms with Gasteiger partial charge in [0.1, 0.15) is 23.4 Å². The van der Waals surface area contributed by atoms with E-state index in [2.05, 4.69) is 30.9 Å². The molecule has 5 rings (SSSR count). The largest absolute Gasteiger partial charge is 0.339 e. The van der Waals surface area contributed by atoms with Gasteiger partial charge in [0.15, 0.2) is 0 Å². The fourth-order valence-corrected chi connectivity index (χ4v) is 5.12. The molecule has 0 spiro atoms. The van der Waals surface area contributed by atoms with E-state index in [1.807, 2.05) is 6.92 Å². The van der Waals surface area contributed by atoms with Crippen molar-refractivity contribution in [2.75, 3.05) is 5.32 Å². The van der Waals surface area contributed by atoms with Gasteiger partial charge in [-0.3, -0.25) is 19.4 Å². The van der Waals surface area contributed by atoms with Crippen LogP contribution in [0.4, 0.5) is 14.6 Å². The Morgan fingerprint density at radius 2 is 1.86 bits per heavy atom. The topological polar surface area (TPSA) is 118 Å². The lowest BCUT2D eigenvalue weighted by molar-refractivity contribution is -0.119. The maximum absolute atomic E-state index is 15.0. The Balaban J connectivity index is 1.42. The van der Waals surface area contributed by atoms with Crippen molar-refractivity contribution in [3.63, 3.8) is 0 Å². The number of hydrogen-bond acceptors (Lipinski definition) is 5. The zero-order valence-electron chi connectivity index (χ0n) is 20.4. The SMILES string of the molecule is CCn1nccc1C(=O)N[C@H](C(=O)Nc1cc(F)c(-c2c(C)n[nH]c2C)c(F)n1)C(C1CC1)C1CC1. The molecule has 2 aliphatic rings. The van der Waals surface area contributed by atoms with Crippen LogP contribution in [-0.4, -0.2) is 42.8 Å². The molecule has 0 aliphatic heterocycles. The molecule has 0 bridgehead atoms. The quantitative estimate of drug-likeness (QED) is 0.389. The lowest BCUT2D eigenvalue weighted by Crippen LogP contribution is -2.50. The monoisotopic (exact) mass is 497 g/mol. The number of aromatic nitrogens is 5. The number of rotatable bonds is 9. The minimum Gasteiger partial charge on any atom is -0.339 e. The zero-order chi connectivity index (χ0) is 25.6. The van der Waals surface area contributed by atoms with Crippen LogP contribution in [0.25, 0.3) is 11.1 Å². The molecular weight excluding hydrogens is 468 g/mol. The first kappa shape index (κ1) is 24.1. The highest BCUT2D eigenvalue weighted by Gasteiger charge is 2.48. The van der Waals surface area contributed by atoms with Gasteiger partial charge >= 0.3 is 0 Å². The number of hydrogen-bond donors (Lipinski definition) is 3. The van der Waals surface area contributed by atoms with Crippen LogP contribution < -0.4 is 10.6 Å². The molecule has 2 saturated carbocycles. The summed E-state index contributed by atoms with van der Waals surface area (Å²) in [6.07, 6.45) is 5.51. The van der Waals surface area contributed by atoms with Crippen molar-refractivity contribution in [1.29, 1.82) is 0 Å². The molecule has 1 atom stereocenters. The van der Waals surface area contributed by atoms with Crippen LogP contribution in [0, 0.1) is 43.4 Å². The average molecular weight is 498 g/mol. The maximum Gasteiger partial charge on any atom is 0.270 e. The minimum absolute atomic E-state index is 0.0443. The average Bonchev–Trinajstić information content (AvgIpc) is 3.77. The van der Waals surface area contributed by atoms with Gasteiger partial charge in [0.05, 0.1) is 11.3 Å². The van der Waals surface area contributed by atoms with Gasteiger partial charge in [-0.1, -0.05) is 0 Å². The predicted molar refractivity (Wildman–Crippen MR) is 128 cm³/mol. The highest BCUT2D eigenvalue weighted by atomic mass is 19.1. The van der Waals surface area contributed by atoms with E-state index in [0.717, 1.165) is 31.7 Å². The van der Waals surface area contributed by atoms with Crippen LogP contribution in [0.2, 0.25) is 0 Å². The third-order valence-corrected chi connectivity index (χ3v) is 7.09. The Kier molecular flexibility index (Phi) is 6.31. The van der Waals surface area contributed by atoms with Gasteiger partial charge in [0.2, 0.25) is 11.9 Å². The number of halogens is 2. The first-order valence-electron chi connectivity index (χ1n) is 12.3. The molecule has 3 heterocycles. The zero-order valence-corrected chi connectivity index (χ0v) is 20.4. The first-order chi connectivity index (χ1) is 17.3. The lowest BCUT2D eigenvalue weighted by Gasteiger charge is -2.27. The normalized spacial score (nSPS) is 16.3. The van der Waals surface area contributed by atoms with Crippen LogP contribution in [0.1, 0.15) is 54.5 Å². The van der Waals surface area contributed by atoms with Crippen molar-refractivity contribution in [3.05, 3.63) is 47.2 Å². The van der Waals surface area contributed by atoms with E-state index in [4.69, 9.17) is 0 Å². The summed E-state index contributed by atoms with van der Waals surface area (Å²) in [6.45, 7) is 5.68. The molecule has 0 aromatic carbocycles. The Morgan fingerprint density at radius 1 is 1.17 bits per heavy atom. The number of H-pyrrole nitrogens is 1. The number of pyridine rings is 1. The standard InChI is InChI=1S/C25H29F2N7O2/c1-4-34-17(9-10-28-34)24(35)31-22(20(14-5-6-14)15-7-8-15)25(36)30-18-11-16(26)21(23(27)29-18)19-12(2)32-33-13(19)3/h9-11,14-15,20,22H,4-8H2,1-3H3,(H,31,35)(H,32,33)(H,29,30,36)/t22-/m0/s1. The van der Waals surface area contributed by atoms with Crippen molar-refractivity contribution in [3.8, 4) is 11.1 Å². The summed E-state index contributed by atoms with van der Waals surface area (Å²) in [6, 6.07) is 1.74. The smallest absolute Gasteiger partial charge is 0.270 e. The molecule has 2 amide bonds. The Hall–Kier alpha value is -3.63. The molecule has 2 aliphatic carbocycles. The van der Waals surface area contributed by atoms with Gasteiger partial charge < -0.3 is 10.6 Å². The van der Waals surface area contributed by atoms with Crippen LogP contribution in [0.3, 0.4) is 0 Å². The second-order valence-electron chi connectivity index (χ2n) is 9.69. The van der Waals surface area contributed by atoms with Crippen molar-refractivity contribution in [2.45, 2.75) is 59.0 Å². The molecule has 11 heteroatoms. The van der Waals surface area contributed by atoms with Crippen molar-refractivity contribution in [2.24, 2.45) is 17.8 Å². The number of anilines is 1. The van der Waals surface area contributed by atoms with E-state index in [0.29, 0.717) is 41.0 Å². The van der Waals surface area contributed by atoms with E-state index in [1.165, 1.54) is 6.20 Å². The third-order valence-electron chi connectivity index (χ3n) is 7.09. The highest BCUT2D eigenvalue weighted by Crippen LogP contribution is 2.51. The molecule has 0 radical (unpaired) electrons. The number of carbonyl (C=O) groups is 2. The molecule has 0 unspecified atom stereocenters. The number of carbonyl (C=O) groups excluding carboxylic acids is 2. The maximum atomic E-state index is 15.0. The fourth-order valence-electron chi connectivity index (χ4n) is 5.12. The molecule has 3 N–H and O–H groups in total. The second-order valence-corrected chi connectivity index (χ2v) is 9.69. The van der Waals surface area contributed by atoms with Crippen molar-refractivity contribution >= 4 is 17.6 Å². The summed E-state index contributed by atoms with van der Waals surface area (Å²) in [5.41, 5.74) is 1.30. The van der Waals surface area contributed by atoms with E-state index >= 15 is 4.39 Å². The number of nitrogens with one attached hydrogen (secondary N) is 3. The van der Waals surface area contributed by atoms with Gasteiger partial charge in [-0.15, -0.1) is 0 Å². The minimum atomic E-state index is -1.05. The van der Waals surface area contributed by atoms with E-state index in [-0.39, 0.29) is 17.3 Å². The summed E-state index contributed by atoms with van der Waals surface area (Å²) < 4.78 is 31.6. The summed E-state index contributed by atoms with van der Waals surface area (Å²) in [5, 5.41) is 16.3. The number of amides is 2. The van der Waals surface area contributed by atoms with Crippen LogP contribution >= 0.6 is 0 Å². The number of aryl methyl sites for hydroxylation is 3. The van der Waals surface area contributed by atoms with Gasteiger partial charge in [0, 0.05) is 30.1 Å². The highest BCUT2D eigenvalue weighted by molar-refractivity contribution is 6.00. The van der Waals surface area contributed by atoms with Gasteiger partial charge in [0.25, 0.3) is 5.91 Å². The van der Waals surface area contributed by atoms with Gasteiger partial charge in [-0.25, -0.2) is 9.37 Å². The summed E-state index contributed by atoms with van der Waals surface area (Å²) in [5.74, 6) is -2.49. The predicted octanol–water partition coefficient (Wildman–Crippen LogP) is 3.76. The molecule has 3 aromatic rings. The number of aromatic amines is 1. The van der Waals surface area contributed by atoms with Gasteiger partial charge in [-0.2, -0.15) is 14.6 Å². The molecule has 36 heavy (non-hydrogen) atoms. The van der Waals surface area contributed by atoms with Gasteiger partial charge in [-0.05, 0) is 70.3 Å². The fraction of sp³-hybridized carbons (Fsp3) is 0.480. The molecular formula is C25H29F2N7O2. The third kappa shape index (κ3) is 4.61. The first-order valence-corrected chi connectivity index (χ1v) is 12.3. The molecule has 0 saturated heterocycles. The van der Waals surface area contributed by atoms with E-state index in [1.54, 1.807) is 24.6 Å². The summed E-state index contributed by atoms with van der Waals surface area (Å²) in [7, 11) is 0. The Bertz CT molecular complexity index is 1250. The Morgan fingerprint density at radius 3 is 2.42 bits per heavy atom. The summed E-state index contributed by atoms with van der Waals surface area (Å²) >= 11 is 0. The van der Waals surface area contributed by atoms with Crippen molar-refractivity contribution < 1.29 is 18.4 Å².